The fourth-order valence-electron chi connectivity index (χ4n) is 2.99. The number of aryl methyl sites for hydroxylation is 1. The molecule has 3 N–H and O–H groups in total. The first kappa shape index (κ1) is 20.4. The van der Waals surface area contributed by atoms with Crippen LogP contribution in [0.3, 0.4) is 0 Å². The van der Waals surface area contributed by atoms with Crippen LogP contribution in [0.15, 0.2) is 30.3 Å². The van der Waals surface area contributed by atoms with E-state index >= 15 is 0 Å². The van der Waals surface area contributed by atoms with E-state index in [-0.39, 0.29) is 13.0 Å². The molecule has 1 aliphatic heterocycles. The highest BCUT2D eigenvalue weighted by Crippen LogP contribution is 2.17. The summed E-state index contributed by atoms with van der Waals surface area (Å²) in [6, 6.07) is 5.29. The zero-order valence-electron chi connectivity index (χ0n) is 15.2. The minimum Gasteiger partial charge on any atom is -0.480 e. The minimum atomic E-state index is -1.29. The molecule has 3 atom stereocenters. The van der Waals surface area contributed by atoms with Gasteiger partial charge < -0.3 is 15.1 Å². The summed E-state index contributed by atoms with van der Waals surface area (Å²) in [5, 5.41) is 21.4. The Labute approximate surface area is 156 Å². The van der Waals surface area contributed by atoms with Gasteiger partial charge in [-0.2, -0.15) is 0 Å². The lowest BCUT2D eigenvalue weighted by Crippen LogP contribution is -2.54. The van der Waals surface area contributed by atoms with Crippen molar-refractivity contribution in [3.05, 3.63) is 35.9 Å². The van der Waals surface area contributed by atoms with E-state index in [2.05, 4.69) is 5.32 Å². The van der Waals surface area contributed by atoms with Gasteiger partial charge in [-0.05, 0) is 25.3 Å². The first-order valence-corrected chi connectivity index (χ1v) is 8.56. The number of benzene rings is 1. The van der Waals surface area contributed by atoms with E-state index in [9.17, 15) is 29.4 Å². The van der Waals surface area contributed by atoms with Gasteiger partial charge in [-0.15, -0.1) is 0 Å². The van der Waals surface area contributed by atoms with E-state index < -0.39 is 42.0 Å². The van der Waals surface area contributed by atoms with Crippen molar-refractivity contribution in [3.63, 3.8) is 0 Å². The second-order valence-corrected chi connectivity index (χ2v) is 6.53. The Hall–Kier alpha value is -2.94. The molecule has 27 heavy (non-hydrogen) atoms. The quantitative estimate of drug-likeness (QED) is 0.598. The van der Waals surface area contributed by atoms with E-state index in [1.54, 1.807) is 0 Å². The van der Waals surface area contributed by atoms with Gasteiger partial charge in [0, 0.05) is 7.05 Å². The molecule has 3 amide bonds. The third-order valence-electron chi connectivity index (χ3n) is 4.50. The van der Waals surface area contributed by atoms with Gasteiger partial charge in [0.25, 0.3) is 0 Å². The SMILES string of the molecule is CC(NC(CCc1ccccc1)C(=O)O)C(=O)N1C(=O)N(C)CC1C(=O)O. The van der Waals surface area contributed by atoms with Crippen LogP contribution in [0.5, 0.6) is 0 Å². The summed E-state index contributed by atoms with van der Waals surface area (Å²) in [4.78, 5) is 49.4. The highest BCUT2D eigenvalue weighted by atomic mass is 16.4. The molecule has 1 fully saturated rings. The van der Waals surface area contributed by atoms with E-state index in [1.807, 2.05) is 30.3 Å². The first-order valence-electron chi connectivity index (χ1n) is 8.56. The number of hydrogen-bond donors (Lipinski definition) is 3. The van der Waals surface area contributed by atoms with Crippen LogP contribution in [0.4, 0.5) is 4.79 Å². The molecule has 0 saturated carbocycles. The van der Waals surface area contributed by atoms with Gasteiger partial charge in [-0.25, -0.2) is 14.5 Å². The van der Waals surface area contributed by atoms with Gasteiger partial charge in [0.05, 0.1) is 12.6 Å². The number of carboxylic acids is 2. The molecule has 0 bridgehead atoms. The highest BCUT2D eigenvalue weighted by Gasteiger charge is 2.45. The summed E-state index contributed by atoms with van der Waals surface area (Å²) in [6.45, 7) is 1.31. The van der Waals surface area contributed by atoms with E-state index in [4.69, 9.17) is 0 Å². The summed E-state index contributed by atoms with van der Waals surface area (Å²) in [7, 11) is 1.41. The van der Waals surface area contributed by atoms with Crippen LogP contribution in [-0.4, -0.2) is 75.6 Å². The number of urea groups is 1. The Bertz CT molecular complexity index is 723. The van der Waals surface area contributed by atoms with Crippen LogP contribution < -0.4 is 5.32 Å². The van der Waals surface area contributed by atoms with Gasteiger partial charge in [-0.1, -0.05) is 30.3 Å². The molecule has 1 aliphatic rings. The number of hydrogen-bond acceptors (Lipinski definition) is 5. The normalized spacial score (nSPS) is 19.0. The Morgan fingerprint density at radius 3 is 2.41 bits per heavy atom. The molecular weight excluding hydrogens is 354 g/mol. The molecule has 1 aromatic rings. The monoisotopic (exact) mass is 377 g/mol. The molecule has 2 rings (SSSR count). The minimum absolute atomic E-state index is 0.108. The van der Waals surface area contributed by atoms with Crippen LogP contribution in [0, 0.1) is 0 Å². The van der Waals surface area contributed by atoms with E-state index in [0.29, 0.717) is 11.3 Å². The zero-order chi connectivity index (χ0) is 20.1. The predicted molar refractivity (Wildman–Crippen MR) is 95.1 cm³/mol. The van der Waals surface area contributed by atoms with Crippen molar-refractivity contribution < 1.29 is 29.4 Å². The van der Waals surface area contributed by atoms with Gasteiger partial charge in [0.15, 0.2) is 6.04 Å². The zero-order valence-corrected chi connectivity index (χ0v) is 15.2. The molecule has 0 aromatic heterocycles. The standard InChI is InChI=1S/C18H23N3O6/c1-11(15(22)21-14(17(25)26)10-20(2)18(21)27)19-13(16(23)24)9-8-12-6-4-3-5-7-12/h3-7,11,13-14,19H,8-10H2,1-2H3,(H,23,24)(H,25,26). The van der Waals surface area contributed by atoms with Crippen molar-refractivity contribution in [3.8, 4) is 0 Å². The maximum absolute atomic E-state index is 12.6. The lowest BCUT2D eigenvalue weighted by atomic mass is 10.0. The Kier molecular flexibility index (Phi) is 6.51. The third-order valence-corrected chi connectivity index (χ3v) is 4.50. The van der Waals surface area contributed by atoms with Gasteiger partial charge >= 0.3 is 18.0 Å². The third kappa shape index (κ3) is 4.82. The Morgan fingerprint density at radius 1 is 1.22 bits per heavy atom. The van der Waals surface area contributed by atoms with Crippen molar-refractivity contribution in [2.75, 3.05) is 13.6 Å². The molecular formula is C18H23N3O6. The first-order chi connectivity index (χ1) is 12.7. The molecule has 0 aliphatic carbocycles. The van der Waals surface area contributed by atoms with E-state index in [0.717, 1.165) is 10.5 Å². The molecule has 9 heteroatoms. The second-order valence-electron chi connectivity index (χ2n) is 6.53. The van der Waals surface area contributed by atoms with Gasteiger partial charge in [0.2, 0.25) is 5.91 Å². The number of rotatable bonds is 8. The predicted octanol–water partition coefficient (Wildman–Crippen LogP) is 0.398. The van der Waals surface area contributed by atoms with Crippen molar-refractivity contribution >= 4 is 23.9 Å². The summed E-state index contributed by atoms with van der Waals surface area (Å²) < 4.78 is 0. The Balaban J connectivity index is 2.04. The Morgan fingerprint density at radius 2 is 1.85 bits per heavy atom. The molecule has 1 aromatic carbocycles. The topological polar surface area (TPSA) is 127 Å². The molecule has 146 valence electrons. The highest BCUT2D eigenvalue weighted by molar-refractivity contribution is 6.02. The number of carboxylic acid groups (broad SMARTS) is 2. The molecule has 1 saturated heterocycles. The maximum atomic E-state index is 12.6. The lowest BCUT2D eigenvalue weighted by Gasteiger charge is -2.25. The number of aliphatic carboxylic acids is 2. The number of nitrogens with one attached hydrogen (secondary N) is 1. The summed E-state index contributed by atoms with van der Waals surface area (Å²) >= 11 is 0. The number of amides is 3. The molecule has 1 heterocycles. The summed E-state index contributed by atoms with van der Waals surface area (Å²) in [5.41, 5.74) is 0.965. The summed E-state index contributed by atoms with van der Waals surface area (Å²) in [6.07, 6.45) is 0.738. The van der Waals surface area contributed by atoms with E-state index in [1.165, 1.54) is 14.0 Å². The van der Waals surface area contributed by atoms with Gasteiger partial charge in [0.1, 0.15) is 6.04 Å². The molecule has 9 nitrogen and oxygen atoms in total. The number of imide groups is 1. The lowest BCUT2D eigenvalue weighted by molar-refractivity contribution is -0.147. The van der Waals surface area contributed by atoms with Crippen LogP contribution in [0.1, 0.15) is 18.9 Å². The number of carbonyl (C=O) groups is 4. The van der Waals surface area contributed by atoms with Crippen LogP contribution >= 0.6 is 0 Å². The second kappa shape index (κ2) is 8.63. The van der Waals surface area contributed by atoms with Crippen molar-refractivity contribution in [2.45, 2.75) is 37.9 Å². The molecule has 0 radical (unpaired) electrons. The summed E-state index contributed by atoms with van der Waals surface area (Å²) in [5.74, 6) is -3.17. The smallest absolute Gasteiger partial charge is 0.328 e. The molecule has 0 spiro atoms. The average molecular weight is 377 g/mol. The number of nitrogens with zero attached hydrogens (tertiary/aromatic N) is 2. The van der Waals surface area contributed by atoms with Crippen molar-refractivity contribution in [1.82, 2.24) is 15.1 Å². The van der Waals surface area contributed by atoms with Crippen LogP contribution in [0.2, 0.25) is 0 Å². The average Bonchev–Trinajstić information content (AvgIpc) is 2.93. The molecule has 3 unspecified atom stereocenters. The fourth-order valence-corrected chi connectivity index (χ4v) is 2.99. The van der Waals surface area contributed by atoms with Crippen molar-refractivity contribution in [2.24, 2.45) is 0 Å². The number of likely N-dealkylation sites (N-methyl/N-ethyl adjacent to an activating group) is 1. The number of carbonyl (C=O) groups excluding carboxylic acids is 2. The van der Waals surface area contributed by atoms with Crippen LogP contribution in [-0.2, 0) is 20.8 Å². The largest absolute Gasteiger partial charge is 0.480 e. The van der Waals surface area contributed by atoms with Crippen LogP contribution in [0.25, 0.3) is 0 Å². The van der Waals surface area contributed by atoms with Gasteiger partial charge in [-0.3, -0.25) is 14.9 Å². The maximum Gasteiger partial charge on any atom is 0.328 e. The fraction of sp³-hybridized carbons (Fsp3) is 0.444. The van der Waals surface area contributed by atoms with Crippen molar-refractivity contribution in [1.29, 1.82) is 0 Å².